The first-order valence-corrected chi connectivity index (χ1v) is 12.6. The summed E-state index contributed by atoms with van der Waals surface area (Å²) in [6.45, 7) is 1.56. The monoisotopic (exact) mass is 457 g/mol. The summed E-state index contributed by atoms with van der Waals surface area (Å²) in [6.07, 6.45) is 9.40. The molecule has 2 aromatic heterocycles. The molecule has 0 radical (unpaired) electrons. The summed E-state index contributed by atoms with van der Waals surface area (Å²) in [6, 6.07) is 9.78. The van der Waals surface area contributed by atoms with E-state index in [1.54, 1.807) is 18.3 Å². The third-order valence-corrected chi connectivity index (χ3v) is 7.95. The Morgan fingerprint density at radius 3 is 2.90 bits per heavy atom. The van der Waals surface area contributed by atoms with Gasteiger partial charge in [0, 0.05) is 54.1 Å². The molecule has 1 aromatic carbocycles. The maximum absolute atomic E-state index is 12.8. The van der Waals surface area contributed by atoms with Crippen molar-refractivity contribution >= 4 is 26.7 Å². The summed E-state index contributed by atoms with van der Waals surface area (Å²) in [5.74, 6) is 0.631. The van der Waals surface area contributed by atoms with Gasteiger partial charge < -0.3 is 4.74 Å². The van der Waals surface area contributed by atoms with E-state index in [2.05, 4.69) is 30.0 Å². The molecule has 1 saturated heterocycles. The standard InChI is InChI=1S/C21H23N5O3S2/c27-31(28,25-21-23-14-24-30-21)16-6-7-17-19(8-11-29-20(17)12-16)26-10-2-1-5-18(26)15-4-3-9-22-13-15/h3-4,6-7,9,12-14,18-19H,1-2,5,8,10-11H2,(H,23,24,25)/t18-,19-/m0/s1. The molecule has 0 aliphatic carbocycles. The molecule has 0 unspecified atom stereocenters. The number of hydrogen-bond donors (Lipinski definition) is 1. The van der Waals surface area contributed by atoms with E-state index in [9.17, 15) is 8.42 Å². The van der Waals surface area contributed by atoms with Crippen LogP contribution in [0.3, 0.4) is 0 Å². The van der Waals surface area contributed by atoms with Gasteiger partial charge in [-0.1, -0.05) is 18.6 Å². The topological polar surface area (TPSA) is 97.3 Å². The summed E-state index contributed by atoms with van der Waals surface area (Å²) < 4.78 is 37.7. The van der Waals surface area contributed by atoms with E-state index in [-0.39, 0.29) is 16.1 Å². The molecule has 8 nitrogen and oxygen atoms in total. The molecule has 3 aromatic rings. The number of pyridine rings is 1. The maximum atomic E-state index is 12.8. The highest BCUT2D eigenvalue weighted by Gasteiger charge is 2.34. The lowest BCUT2D eigenvalue weighted by Crippen LogP contribution is -2.39. The summed E-state index contributed by atoms with van der Waals surface area (Å²) in [5, 5.41) is 0.240. The van der Waals surface area contributed by atoms with E-state index in [0.29, 0.717) is 18.4 Å². The first-order valence-electron chi connectivity index (χ1n) is 10.3. The SMILES string of the molecule is O=S(=O)(Nc1ncns1)c1ccc2c(c1)OCC[C@@H]2N1CCCC[C@H]1c1cccnc1. The van der Waals surface area contributed by atoms with E-state index >= 15 is 0 Å². The molecule has 0 bridgehead atoms. The Bertz CT molecular complexity index is 1140. The lowest BCUT2D eigenvalue weighted by atomic mass is 9.90. The van der Waals surface area contributed by atoms with Gasteiger partial charge in [-0.3, -0.25) is 14.6 Å². The van der Waals surface area contributed by atoms with Crippen LogP contribution in [-0.2, 0) is 10.0 Å². The van der Waals surface area contributed by atoms with E-state index in [0.717, 1.165) is 42.9 Å². The number of anilines is 1. The van der Waals surface area contributed by atoms with Crippen LogP contribution in [0.4, 0.5) is 5.13 Å². The van der Waals surface area contributed by atoms with Crippen LogP contribution in [0.15, 0.2) is 53.9 Å². The van der Waals surface area contributed by atoms with Gasteiger partial charge in [0.25, 0.3) is 10.0 Å². The summed E-state index contributed by atoms with van der Waals surface area (Å²) in [5.41, 5.74) is 2.27. The zero-order valence-electron chi connectivity index (χ0n) is 16.8. The summed E-state index contributed by atoms with van der Waals surface area (Å²) in [4.78, 5) is 10.9. The smallest absolute Gasteiger partial charge is 0.263 e. The van der Waals surface area contributed by atoms with Crippen molar-refractivity contribution in [3.8, 4) is 5.75 Å². The Morgan fingerprint density at radius 2 is 2.10 bits per heavy atom. The minimum atomic E-state index is -3.76. The molecule has 0 saturated carbocycles. The molecule has 162 valence electrons. The molecule has 10 heteroatoms. The lowest BCUT2D eigenvalue weighted by Gasteiger charge is -2.43. The third kappa shape index (κ3) is 4.15. The van der Waals surface area contributed by atoms with Crippen molar-refractivity contribution in [1.29, 1.82) is 0 Å². The fraction of sp³-hybridized carbons (Fsp3) is 0.381. The molecule has 2 aliphatic heterocycles. The number of fused-ring (bicyclic) bond motifs is 1. The molecule has 1 N–H and O–H groups in total. The van der Waals surface area contributed by atoms with Gasteiger partial charge in [0.2, 0.25) is 5.13 Å². The van der Waals surface area contributed by atoms with Crippen LogP contribution in [-0.4, -0.2) is 40.8 Å². The van der Waals surface area contributed by atoms with Crippen LogP contribution in [0.5, 0.6) is 5.75 Å². The molecule has 0 amide bonds. The average molecular weight is 458 g/mol. The molecule has 4 heterocycles. The molecule has 5 rings (SSSR count). The summed E-state index contributed by atoms with van der Waals surface area (Å²) >= 11 is 0.996. The quantitative estimate of drug-likeness (QED) is 0.623. The van der Waals surface area contributed by atoms with Gasteiger partial charge in [-0.15, -0.1) is 0 Å². The Balaban J connectivity index is 1.45. The number of nitrogens with zero attached hydrogens (tertiary/aromatic N) is 4. The molecular weight excluding hydrogens is 434 g/mol. The zero-order chi connectivity index (χ0) is 21.3. The van der Waals surface area contributed by atoms with Gasteiger partial charge >= 0.3 is 0 Å². The number of nitrogens with one attached hydrogen (secondary N) is 1. The first-order chi connectivity index (χ1) is 15.1. The largest absolute Gasteiger partial charge is 0.493 e. The van der Waals surface area contributed by atoms with Gasteiger partial charge in [-0.2, -0.15) is 4.37 Å². The van der Waals surface area contributed by atoms with E-state index in [1.807, 2.05) is 18.3 Å². The van der Waals surface area contributed by atoms with Crippen LogP contribution in [0, 0.1) is 0 Å². The minimum absolute atomic E-state index is 0.157. The minimum Gasteiger partial charge on any atom is -0.493 e. The molecule has 2 aliphatic rings. The molecule has 2 atom stereocenters. The number of ether oxygens (including phenoxy) is 1. The Labute approximate surface area is 185 Å². The number of likely N-dealkylation sites (tertiary alicyclic amines) is 1. The molecule has 31 heavy (non-hydrogen) atoms. The van der Waals surface area contributed by atoms with Gasteiger partial charge in [0.05, 0.1) is 11.5 Å². The lowest BCUT2D eigenvalue weighted by molar-refractivity contribution is 0.0666. The maximum Gasteiger partial charge on any atom is 0.263 e. The van der Waals surface area contributed by atoms with Crippen LogP contribution in [0.25, 0.3) is 0 Å². The fourth-order valence-corrected chi connectivity index (χ4v) is 6.19. The van der Waals surface area contributed by atoms with Gasteiger partial charge in [-0.05, 0) is 37.1 Å². The summed E-state index contributed by atoms with van der Waals surface area (Å²) in [7, 11) is -3.76. The third-order valence-electron chi connectivity index (χ3n) is 5.90. The van der Waals surface area contributed by atoms with Crippen LogP contribution < -0.4 is 9.46 Å². The first kappa shape index (κ1) is 20.3. The average Bonchev–Trinajstić information content (AvgIpc) is 3.31. The van der Waals surface area contributed by atoms with Crippen molar-refractivity contribution in [2.24, 2.45) is 0 Å². The highest BCUT2D eigenvalue weighted by Crippen LogP contribution is 2.44. The number of piperidine rings is 1. The Morgan fingerprint density at radius 1 is 1.16 bits per heavy atom. The highest BCUT2D eigenvalue weighted by atomic mass is 32.2. The van der Waals surface area contributed by atoms with Crippen molar-refractivity contribution in [1.82, 2.24) is 19.2 Å². The molecule has 0 spiro atoms. The number of rotatable bonds is 5. The number of hydrogen-bond acceptors (Lipinski definition) is 8. The van der Waals surface area contributed by atoms with Crippen molar-refractivity contribution in [2.75, 3.05) is 17.9 Å². The Hall–Kier alpha value is -2.56. The van der Waals surface area contributed by atoms with Crippen molar-refractivity contribution in [3.05, 3.63) is 60.2 Å². The normalized spacial score (nSPS) is 21.8. The predicted molar refractivity (Wildman–Crippen MR) is 118 cm³/mol. The number of sulfonamides is 1. The second kappa shape index (κ2) is 8.52. The van der Waals surface area contributed by atoms with Crippen molar-refractivity contribution in [2.45, 2.75) is 42.7 Å². The van der Waals surface area contributed by atoms with E-state index < -0.39 is 10.0 Å². The molecular formula is C21H23N5O3S2. The fourth-order valence-electron chi connectivity index (χ4n) is 4.51. The van der Waals surface area contributed by atoms with Crippen LogP contribution >= 0.6 is 11.5 Å². The predicted octanol–water partition coefficient (Wildman–Crippen LogP) is 3.78. The van der Waals surface area contributed by atoms with Crippen LogP contribution in [0.2, 0.25) is 0 Å². The second-order valence-electron chi connectivity index (χ2n) is 7.74. The van der Waals surface area contributed by atoms with Gasteiger partial charge in [0.1, 0.15) is 12.1 Å². The van der Waals surface area contributed by atoms with Gasteiger partial charge in [0.15, 0.2) is 0 Å². The Kier molecular flexibility index (Phi) is 5.59. The number of aromatic nitrogens is 3. The number of benzene rings is 1. The molecule has 1 fully saturated rings. The van der Waals surface area contributed by atoms with Crippen LogP contribution in [0.1, 0.15) is 48.9 Å². The van der Waals surface area contributed by atoms with E-state index in [1.165, 1.54) is 18.3 Å². The van der Waals surface area contributed by atoms with Crippen molar-refractivity contribution < 1.29 is 13.2 Å². The zero-order valence-corrected chi connectivity index (χ0v) is 18.5. The van der Waals surface area contributed by atoms with E-state index in [4.69, 9.17) is 4.74 Å². The highest BCUT2D eigenvalue weighted by molar-refractivity contribution is 7.93. The van der Waals surface area contributed by atoms with Gasteiger partial charge in [-0.25, -0.2) is 13.4 Å². The second-order valence-corrected chi connectivity index (χ2v) is 10.2. The van der Waals surface area contributed by atoms with Crippen molar-refractivity contribution in [3.63, 3.8) is 0 Å².